The number of rotatable bonds is 6. The van der Waals surface area contributed by atoms with Crippen LogP contribution in [0.15, 0.2) is 24.3 Å². The van der Waals surface area contributed by atoms with Crippen LogP contribution in [0.2, 0.25) is 0 Å². The first-order valence-corrected chi connectivity index (χ1v) is 9.69. The Kier molecular flexibility index (Phi) is 5.87. The lowest BCUT2D eigenvalue weighted by atomic mass is 10.1. The zero-order chi connectivity index (χ0) is 16.9. The molecule has 3 N–H and O–H groups in total. The van der Waals surface area contributed by atoms with Crippen LogP contribution in [0.1, 0.15) is 25.3 Å². The Morgan fingerprint density at radius 2 is 2.04 bits per heavy atom. The van der Waals surface area contributed by atoms with Gasteiger partial charge in [-0.25, -0.2) is 13.2 Å². The number of amides is 2. The maximum atomic E-state index is 11.8. The lowest BCUT2D eigenvalue weighted by molar-refractivity contribution is 0.235. The molecule has 0 aromatic heterocycles. The molecular formula is C16H24N2O4S. The highest BCUT2D eigenvalue weighted by Gasteiger charge is 2.27. The molecule has 1 heterocycles. The molecule has 0 unspecified atom stereocenters. The highest BCUT2D eigenvalue weighted by molar-refractivity contribution is 7.91. The second-order valence-corrected chi connectivity index (χ2v) is 8.46. The minimum atomic E-state index is -2.90. The summed E-state index contributed by atoms with van der Waals surface area (Å²) in [6.07, 6.45) is 2.22. The maximum absolute atomic E-state index is 11.8. The van der Waals surface area contributed by atoms with E-state index in [1.807, 2.05) is 19.1 Å². The number of carbonyl (C=O) groups is 1. The lowest BCUT2D eigenvalue weighted by Gasteiger charge is -2.16. The normalized spacial score (nSPS) is 20.8. The van der Waals surface area contributed by atoms with Crippen molar-refractivity contribution >= 4 is 15.9 Å². The molecule has 0 radical (unpaired) electrons. The van der Waals surface area contributed by atoms with Gasteiger partial charge in [-0.2, -0.15) is 0 Å². The molecule has 1 aliphatic rings. The van der Waals surface area contributed by atoms with Crippen LogP contribution >= 0.6 is 0 Å². The largest absolute Gasteiger partial charge is 0.508 e. The standard InChI is InChI=1S/C16H24N2O4S/c1-12(2-3-13-4-6-15(19)7-5-13)18-16(20)17-10-14-8-9-23(21,22)11-14/h4-7,12,14,19H,2-3,8-11H2,1H3,(H2,17,18,20)/t12-,14+/m1/s1. The number of aryl methyl sites for hydroxylation is 1. The summed E-state index contributed by atoms with van der Waals surface area (Å²) < 4.78 is 22.7. The molecule has 7 heteroatoms. The molecule has 0 bridgehead atoms. The van der Waals surface area contributed by atoms with E-state index in [0.717, 1.165) is 18.4 Å². The summed E-state index contributed by atoms with van der Waals surface area (Å²) in [6, 6.07) is 6.78. The first kappa shape index (κ1) is 17.6. The van der Waals surface area contributed by atoms with Gasteiger partial charge in [0.05, 0.1) is 11.5 Å². The van der Waals surface area contributed by atoms with E-state index >= 15 is 0 Å². The van der Waals surface area contributed by atoms with Gasteiger partial charge in [-0.15, -0.1) is 0 Å². The van der Waals surface area contributed by atoms with Crippen molar-refractivity contribution in [2.24, 2.45) is 5.92 Å². The number of aromatic hydroxyl groups is 1. The third kappa shape index (κ3) is 6.09. The van der Waals surface area contributed by atoms with Crippen LogP contribution in [0.4, 0.5) is 4.79 Å². The number of nitrogens with one attached hydrogen (secondary N) is 2. The van der Waals surface area contributed by atoms with Gasteiger partial charge < -0.3 is 15.7 Å². The van der Waals surface area contributed by atoms with Gasteiger partial charge in [0.25, 0.3) is 0 Å². The summed E-state index contributed by atoms with van der Waals surface area (Å²) in [4.78, 5) is 11.8. The van der Waals surface area contributed by atoms with Crippen LogP contribution in [0.3, 0.4) is 0 Å². The van der Waals surface area contributed by atoms with Gasteiger partial charge in [0, 0.05) is 12.6 Å². The SMILES string of the molecule is C[C@H](CCc1ccc(O)cc1)NC(=O)NC[C@@H]1CCS(=O)(=O)C1. The van der Waals surface area contributed by atoms with E-state index in [4.69, 9.17) is 0 Å². The molecule has 23 heavy (non-hydrogen) atoms. The molecule has 1 saturated heterocycles. The number of phenolic OH excluding ortho intramolecular Hbond substituents is 1. The highest BCUT2D eigenvalue weighted by Crippen LogP contribution is 2.17. The fraction of sp³-hybridized carbons (Fsp3) is 0.562. The molecular weight excluding hydrogens is 316 g/mol. The Morgan fingerprint density at radius 3 is 2.65 bits per heavy atom. The highest BCUT2D eigenvalue weighted by atomic mass is 32.2. The van der Waals surface area contributed by atoms with Crippen LogP contribution in [0, 0.1) is 5.92 Å². The first-order chi connectivity index (χ1) is 10.8. The molecule has 1 aromatic rings. The molecule has 1 aliphatic heterocycles. The molecule has 0 saturated carbocycles. The molecule has 1 fully saturated rings. The molecule has 2 atom stereocenters. The molecule has 0 spiro atoms. The van der Waals surface area contributed by atoms with Crippen molar-refractivity contribution in [3.05, 3.63) is 29.8 Å². The van der Waals surface area contributed by atoms with Gasteiger partial charge in [-0.05, 0) is 49.8 Å². The van der Waals surface area contributed by atoms with Crippen molar-refractivity contribution in [1.29, 1.82) is 0 Å². The van der Waals surface area contributed by atoms with Crippen molar-refractivity contribution in [3.63, 3.8) is 0 Å². The van der Waals surface area contributed by atoms with Crippen LogP contribution in [0.25, 0.3) is 0 Å². The minimum Gasteiger partial charge on any atom is -0.508 e. The average Bonchev–Trinajstić information content (AvgIpc) is 2.84. The van der Waals surface area contributed by atoms with Crippen molar-refractivity contribution in [2.75, 3.05) is 18.1 Å². The third-order valence-electron chi connectivity index (χ3n) is 4.06. The molecule has 6 nitrogen and oxygen atoms in total. The second-order valence-electron chi connectivity index (χ2n) is 6.23. The predicted octanol–water partition coefficient (Wildman–Crippen LogP) is 1.45. The van der Waals surface area contributed by atoms with Crippen LogP contribution < -0.4 is 10.6 Å². The minimum absolute atomic E-state index is 0.0103. The number of benzene rings is 1. The van der Waals surface area contributed by atoms with E-state index in [0.29, 0.717) is 13.0 Å². The molecule has 0 aliphatic carbocycles. The monoisotopic (exact) mass is 340 g/mol. The first-order valence-electron chi connectivity index (χ1n) is 7.87. The fourth-order valence-electron chi connectivity index (χ4n) is 2.66. The zero-order valence-corrected chi connectivity index (χ0v) is 14.1. The van der Waals surface area contributed by atoms with E-state index in [-0.39, 0.29) is 35.2 Å². The fourth-order valence-corrected chi connectivity index (χ4v) is 4.52. The summed E-state index contributed by atoms with van der Waals surface area (Å²) in [5.41, 5.74) is 1.10. The second kappa shape index (κ2) is 7.68. The van der Waals surface area contributed by atoms with Crippen molar-refractivity contribution in [1.82, 2.24) is 10.6 Å². The molecule has 2 rings (SSSR count). The predicted molar refractivity (Wildman–Crippen MR) is 89.2 cm³/mol. The summed E-state index contributed by atoms with van der Waals surface area (Å²) in [5.74, 6) is 0.666. The maximum Gasteiger partial charge on any atom is 0.315 e. The molecule has 1 aromatic carbocycles. The van der Waals surface area contributed by atoms with Crippen LogP contribution in [-0.2, 0) is 16.3 Å². The van der Waals surface area contributed by atoms with Crippen molar-refractivity contribution in [2.45, 2.75) is 32.2 Å². The van der Waals surface area contributed by atoms with Gasteiger partial charge in [0.2, 0.25) is 0 Å². The third-order valence-corrected chi connectivity index (χ3v) is 5.89. The van der Waals surface area contributed by atoms with E-state index < -0.39 is 9.84 Å². The molecule has 2 amide bonds. The van der Waals surface area contributed by atoms with Crippen LogP contribution in [-0.4, -0.2) is 43.6 Å². The average molecular weight is 340 g/mol. The van der Waals surface area contributed by atoms with Crippen molar-refractivity contribution < 1.29 is 18.3 Å². The Balaban J connectivity index is 1.65. The zero-order valence-electron chi connectivity index (χ0n) is 13.3. The van der Waals surface area contributed by atoms with Gasteiger partial charge >= 0.3 is 6.03 Å². The number of sulfone groups is 1. The van der Waals surface area contributed by atoms with Crippen LogP contribution in [0.5, 0.6) is 5.75 Å². The van der Waals surface area contributed by atoms with Gasteiger partial charge in [0.1, 0.15) is 5.75 Å². The van der Waals surface area contributed by atoms with Crippen molar-refractivity contribution in [3.8, 4) is 5.75 Å². The van der Waals surface area contributed by atoms with E-state index in [1.165, 1.54) is 0 Å². The topological polar surface area (TPSA) is 95.5 Å². The summed E-state index contributed by atoms with van der Waals surface area (Å²) >= 11 is 0. The number of phenols is 1. The smallest absolute Gasteiger partial charge is 0.315 e. The summed E-state index contributed by atoms with van der Waals surface area (Å²) in [5, 5.41) is 14.8. The van der Waals surface area contributed by atoms with Gasteiger partial charge in [-0.3, -0.25) is 0 Å². The quantitative estimate of drug-likeness (QED) is 0.730. The Morgan fingerprint density at radius 1 is 1.35 bits per heavy atom. The van der Waals surface area contributed by atoms with E-state index in [9.17, 15) is 18.3 Å². The Hall–Kier alpha value is -1.76. The molecule has 128 valence electrons. The summed E-state index contributed by atoms with van der Waals surface area (Å²) in [6.45, 7) is 2.33. The number of hydrogen-bond donors (Lipinski definition) is 3. The van der Waals surface area contributed by atoms with E-state index in [1.54, 1.807) is 12.1 Å². The number of carbonyl (C=O) groups excluding carboxylic acids is 1. The van der Waals surface area contributed by atoms with E-state index in [2.05, 4.69) is 10.6 Å². The number of urea groups is 1. The van der Waals surface area contributed by atoms with Gasteiger partial charge in [0.15, 0.2) is 9.84 Å². The Labute approximate surface area is 137 Å². The lowest BCUT2D eigenvalue weighted by Crippen LogP contribution is -2.42. The Bertz CT molecular complexity index is 628. The summed E-state index contributed by atoms with van der Waals surface area (Å²) in [7, 11) is -2.90. The van der Waals surface area contributed by atoms with Gasteiger partial charge in [-0.1, -0.05) is 12.1 Å². The number of hydrogen-bond acceptors (Lipinski definition) is 4.